The number of sulfone groups is 1. The maximum absolute atomic E-state index is 10.9. The van der Waals surface area contributed by atoms with E-state index >= 15 is 0 Å². The summed E-state index contributed by atoms with van der Waals surface area (Å²) in [4.78, 5) is 2.25. The smallest absolute Gasteiger partial charge is 0.148 e. The van der Waals surface area contributed by atoms with Crippen molar-refractivity contribution in [2.45, 2.75) is 33.6 Å². The molecule has 0 spiro atoms. The van der Waals surface area contributed by atoms with Crippen molar-refractivity contribution >= 4 is 9.84 Å². The summed E-state index contributed by atoms with van der Waals surface area (Å²) in [5.41, 5.74) is 0. The molecular weight excluding hydrogens is 210 g/mol. The Hall–Kier alpha value is -0.0900. The number of likely N-dealkylation sites (tertiary alicyclic amines) is 1. The molecule has 0 N–H and O–H groups in total. The lowest BCUT2D eigenvalue weighted by Crippen LogP contribution is -2.36. The Morgan fingerprint density at radius 3 is 2.07 bits per heavy atom. The van der Waals surface area contributed by atoms with Crippen LogP contribution in [0.15, 0.2) is 0 Å². The molecule has 92 valence electrons. The molecule has 0 saturated carbocycles. The van der Waals surface area contributed by atoms with Crippen LogP contribution < -0.4 is 0 Å². The van der Waals surface area contributed by atoms with Gasteiger partial charge >= 0.3 is 0 Å². The van der Waals surface area contributed by atoms with Crippen molar-refractivity contribution < 1.29 is 8.42 Å². The van der Waals surface area contributed by atoms with Gasteiger partial charge in [0, 0.05) is 12.8 Å². The second-order valence-corrected chi connectivity index (χ2v) is 6.41. The van der Waals surface area contributed by atoms with E-state index < -0.39 is 9.84 Å². The molecule has 3 nitrogen and oxygen atoms in total. The zero-order valence-corrected chi connectivity index (χ0v) is 11.3. The van der Waals surface area contributed by atoms with Crippen molar-refractivity contribution in [1.82, 2.24) is 4.90 Å². The van der Waals surface area contributed by atoms with Crippen LogP contribution in [-0.4, -0.2) is 45.0 Å². The summed E-state index contributed by atoms with van der Waals surface area (Å²) in [5, 5.41) is 0. The van der Waals surface area contributed by atoms with Crippen LogP contribution in [0.2, 0.25) is 0 Å². The van der Waals surface area contributed by atoms with Crippen molar-refractivity contribution in [1.29, 1.82) is 0 Å². The van der Waals surface area contributed by atoms with E-state index in [1.54, 1.807) is 0 Å². The molecule has 1 saturated heterocycles. The summed E-state index contributed by atoms with van der Waals surface area (Å²) in [6, 6.07) is 0. The Balaban J connectivity index is 0.000000921. The van der Waals surface area contributed by atoms with E-state index in [0.29, 0.717) is 12.3 Å². The highest BCUT2D eigenvalue weighted by Crippen LogP contribution is 2.15. The maximum atomic E-state index is 10.9. The van der Waals surface area contributed by atoms with Crippen molar-refractivity contribution in [3.8, 4) is 0 Å². The van der Waals surface area contributed by atoms with Gasteiger partial charge in [0.2, 0.25) is 0 Å². The van der Waals surface area contributed by atoms with Gasteiger partial charge in [0.1, 0.15) is 9.84 Å². The first-order valence-electron chi connectivity index (χ1n) is 5.87. The van der Waals surface area contributed by atoms with E-state index in [4.69, 9.17) is 0 Å². The first-order chi connectivity index (χ1) is 6.97. The lowest BCUT2D eigenvalue weighted by Gasteiger charge is -2.29. The summed E-state index contributed by atoms with van der Waals surface area (Å²) in [5.74, 6) is 1.12. The van der Waals surface area contributed by atoms with Gasteiger partial charge in [0.15, 0.2) is 0 Å². The predicted molar refractivity (Wildman–Crippen MR) is 65.9 cm³/mol. The highest BCUT2D eigenvalue weighted by atomic mass is 32.2. The monoisotopic (exact) mass is 235 g/mol. The molecule has 1 rings (SSSR count). The molecule has 0 aromatic rings. The number of hydrogen-bond acceptors (Lipinski definition) is 3. The van der Waals surface area contributed by atoms with Gasteiger partial charge in [-0.2, -0.15) is 0 Å². The Morgan fingerprint density at radius 1 is 1.20 bits per heavy atom. The van der Waals surface area contributed by atoms with Gasteiger partial charge in [-0.15, -0.1) is 0 Å². The molecule has 0 unspecified atom stereocenters. The van der Waals surface area contributed by atoms with Crippen LogP contribution in [0.5, 0.6) is 0 Å². The molecule has 1 aliphatic rings. The fourth-order valence-electron chi connectivity index (χ4n) is 1.58. The number of hydrogen-bond donors (Lipinski definition) is 0. The average molecular weight is 235 g/mol. The largest absolute Gasteiger partial charge is 0.302 e. The SMILES string of the molecule is CC.CC1CCN(CCS(C)(=O)=O)CC1. The van der Waals surface area contributed by atoms with Gasteiger partial charge in [-0.3, -0.25) is 0 Å². The topological polar surface area (TPSA) is 37.4 Å². The minimum absolute atomic E-state index is 0.307. The molecule has 0 radical (unpaired) electrons. The molecule has 0 aliphatic carbocycles. The summed E-state index contributed by atoms with van der Waals surface area (Å²) >= 11 is 0. The molecule has 0 atom stereocenters. The highest BCUT2D eigenvalue weighted by Gasteiger charge is 2.16. The maximum Gasteiger partial charge on any atom is 0.148 e. The van der Waals surface area contributed by atoms with Crippen molar-refractivity contribution in [2.24, 2.45) is 5.92 Å². The first-order valence-corrected chi connectivity index (χ1v) is 7.93. The fourth-order valence-corrected chi connectivity index (χ4v) is 2.17. The second kappa shape index (κ2) is 7.23. The van der Waals surface area contributed by atoms with Gasteiger partial charge in [0.05, 0.1) is 5.75 Å². The fraction of sp³-hybridized carbons (Fsp3) is 1.00. The normalized spacial score (nSPS) is 19.5. The van der Waals surface area contributed by atoms with Crippen LogP contribution in [0.3, 0.4) is 0 Å². The molecule has 0 amide bonds. The Morgan fingerprint density at radius 2 is 1.67 bits per heavy atom. The quantitative estimate of drug-likeness (QED) is 0.748. The minimum Gasteiger partial charge on any atom is -0.302 e. The summed E-state index contributed by atoms with van der Waals surface area (Å²) < 4.78 is 21.8. The van der Waals surface area contributed by atoms with E-state index in [0.717, 1.165) is 19.0 Å². The lowest BCUT2D eigenvalue weighted by molar-refractivity contribution is 0.202. The van der Waals surface area contributed by atoms with Crippen LogP contribution in [0, 0.1) is 5.92 Å². The molecule has 1 heterocycles. The first kappa shape index (κ1) is 14.9. The molecule has 0 bridgehead atoms. The van der Waals surface area contributed by atoms with E-state index in [1.165, 1.54) is 19.1 Å². The Labute approximate surface area is 94.8 Å². The van der Waals surface area contributed by atoms with Gasteiger partial charge in [-0.25, -0.2) is 8.42 Å². The van der Waals surface area contributed by atoms with Crippen LogP contribution in [0.4, 0.5) is 0 Å². The van der Waals surface area contributed by atoms with Crippen LogP contribution in [0.25, 0.3) is 0 Å². The third-order valence-electron chi connectivity index (χ3n) is 2.65. The van der Waals surface area contributed by atoms with E-state index in [1.807, 2.05) is 13.8 Å². The van der Waals surface area contributed by atoms with Crippen molar-refractivity contribution in [3.63, 3.8) is 0 Å². The van der Waals surface area contributed by atoms with Gasteiger partial charge in [0.25, 0.3) is 0 Å². The number of nitrogens with zero attached hydrogens (tertiary/aromatic N) is 1. The van der Waals surface area contributed by atoms with Crippen molar-refractivity contribution in [2.75, 3.05) is 31.6 Å². The summed E-state index contributed by atoms with van der Waals surface area (Å²) in [6.07, 6.45) is 3.73. The lowest BCUT2D eigenvalue weighted by atomic mass is 9.99. The van der Waals surface area contributed by atoms with Crippen molar-refractivity contribution in [3.05, 3.63) is 0 Å². The second-order valence-electron chi connectivity index (χ2n) is 4.15. The van der Waals surface area contributed by atoms with E-state index in [9.17, 15) is 8.42 Å². The molecular formula is C11H25NO2S. The zero-order chi connectivity index (χ0) is 11.9. The van der Waals surface area contributed by atoms with Crippen LogP contribution in [-0.2, 0) is 9.84 Å². The Bertz CT molecular complexity index is 241. The average Bonchev–Trinajstić information content (AvgIpc) is 2.19. The third-order valence-corrected chi connectivity index (χ3v) is 3.58. The van der Waals surface area contributed by atoms with E-state index in [-0.39, 0.29) is 0 Å². The molecule has 1 aliphatic heterocycles. The van der Waals surface area contributed by atoms with Gasteiger partial charge in [-0.05, 0) is 31.8 Å². The van der Waals surface area contributed by atoms with E-state index in [2.05, 4.69) is 11.8 Å². The van der Waals surface area contributed by atoms with Crippen LogP contribution >= 0.6 is 0 Å². The van der Waals surface area contributed by atoms with Gasteiger partial charge < -0.3 is 4.90 Å². The number of piperidine rings is 1. The molecule has 1 fully saturated rings. The standard InChI is InChI=1S/C9H19NO2S.C2H6/c1-9-3-5-10(6-4-9)7-8-13(2,11)12;1-2/h9H,3-8H2,1-2H3;1-2H3. The molecule has 15 heavy (non-hydrogen) atoms. The summed E-state index contributed by atoms with van der Waals surface area (Å²) in [6.45, 7) is 9.10. The highest BCUT2D eigenvalue weighted by molar-refractivity contribution is 7.90. The molecule has 0 aromatic carbocycles. The minimum atomic E-state index is -2.78. The van der Waals surface area contributed by atoms with Crippen LogP contribution in [0.1, 0.15) is 33.6 Å². The molecule has 4 heteroatoms. The number of rotatable bonds is 3. The predicted octanol–water partition coefficient (Wildman–Crippen LogP) is 1.79. The Kier molecular flexibility index (Phi) is 7.18. The third kappa shape index (κ3) is 7.79. The zero-order valence-electron chi connectivity index (χ0n) is 10.5. The van der Waals surface area contributed by atoms with Gasteiger partial charge in [-0.1, -0.05) is 20.8 Å². The summed E-state index contributed by atoms with van der Waals surface area (Å²) in [7, 11) is -2.78. The molecule has 0 aromatic heterocycles.